The van der Waals surface area contributed by atoms with Crippen LogP contribution < -0.4 is 0 Å². The SMILES string of the molecule is Cc1cccc(-c2ccc3c(c2)c2ccccc2n3-c2ccc(-c3nc(-c4ccccc4)nc(-c4ccccc4)n3)cc2-c2c(-c3cccnc3)cccc2-n2c3ccccc3c3cc(-c4cccc(C)c4)ccc32)c1. The van der Waals surface area contributed by atoms with Crippen molar-refractivity contribution in [3.63, 3.8) is 0 Å². The Hall–Kier alpha value is -10.0. The lowest BCUT2D eigenvalue weighted by atomic mass is 9.91. The molecule has 0 amide bonds. The molecular formula is C70H48N6. The molecule has 4 heterocycles. The van der Waals surface area contributed by atoms with Gasteiger partial charge in [-0.05, 0) is 108 Å². The van der Waals surface area contributed by atoms with Crippen LogP contribution in [0.15, 0.2) is 255 Å². The zero-order chi connectivity index (χ0) is 50.7. The van der Waals surface area contributed by atoms with Crippen molar-refractivity contribution in [1.82, 2.24) is 29.1 Å². The van der Waals surface area contributed by atoms with Crippen LogP contribution in [0.1, 0.15) is 11.1 Å². The molecular weight excluding hydrogens is 925 g/mol. The molecule has 0 saturated carbocycles. The minimum absolute atomic E-state index is 0.575. The molecule has 4 aromatic heterocycles. The van der Waals surface area contributed by atoms with Crippen molar-refractivity contribution in [2.45, 2.75) is 13.8 Å². The second kappa shape index (κ2) is 18.5. The number of hydrogen-bond donors (Lipinski definition) is 0. The number of nitrogens with zero attached hydrogens (tertiary/aromatic N) is 6. The Morgan fingerprint density at radius 2 is 0.750 bits per heavy atom. The Morgan fingerprint density at radius 3 is 1.30 bits per heavy atom. The number of para-hydroxylation sites is 2. The van der Waals surface area contributed by atoms with Gasteiger partial charge in [0.2, 0.25) is 0 Å². The molecule has 0 fully saturated rings. The fourth-order valence-corrected chi connectivity index (χ4v) is 11.3. The fraction of sp³-hybridized carbons (Fsp3) is 0.0286. The highest BCUT2D eigenvalue weighted by Gasteiger charge is 2.25. The zero-order valence-corrected chi connectivity index (χ0v) is 41.9. The standard InChI is InChI=1S/C70H48N6/c1-45-17-13-23-49(39-45)51-32-35-63-58(41-51)56-26-9-11-29-61(56)75(63)65-37-34-53(70-73-68(47-19-5-3-6-20-47)72-69(74-70)48-21-7-4-8-22-48)43-60(65)67-55(54-25-16-38-71-44-54)28-15-31-66(67)76-62-30-12-10-27-57(62)59-42-52(33-36-64(59)76)50-24-14-18-46(2)40-50/h3-44H,1-2H3. The van der Waals surface area contributed by atoms with Crippen LogP contribution in [0.4, 0.5) is 0 Å². The van der Waals surface area contributed by atoms with Gasteiger partial charge in [0.25, 0.3) is 0 Å². The molecule has 0 unspecified atom stereocenters. The quantitative estimate of drug-likeness (QED) is 0.145. The van der Waals surface area contributed by atoms with E-state index in [0.29, 0.717) is 17.5 Å². The van der Waals surface area contributed by atoms with Crippen LogP contribution in [0.25, 0.3) is 134 Å². The van der Waals surface area contributed by atoms with E-state index in [2.05, 4.69) is 223 Å². The van der Waals surface area contributed by atoms with Crippen LogP contribution >= 0.6 is 0 Å². The van der Waals surface area contributed by atoms with Crippen LogP contribution in [-0.2, 0) is 0 Å². The van der Waals surface area contributed by atoms with Crippen molar-refractivity contribution in [2.75, 3.05) is 0 Å². The van der Waals surface area contributed by atoms with Crippen molar-refractivity contribution in [1.29, 1.82) is 0 Å². The van der Waals surface area contributed by atoms with Gasteiger partial charge in [0.1, 0.15) is 0 Å². The molecule has 0 aliphatic rings. The summed E-state index contributed by atoms with van der Waals surface area (Å²) in [6, 6.07) is 86.9. The molecule has 0 aliphatic carbocycles. The predicted molar refractivity (Wildman–Crippen MR) is 314 cm³/mol. The highest BCUT2D eigenvalue weighted by atomic mass is 15.0. The summed E-state index contributed by atoms with van der Waals surface area (Å²) < 4.78 is 4.91. The number of fused-ring (bicyclic) bond motifs is 6. The number of rotatable bonds is 9. The van der Waals surface area contributed by atoms with E-state index >= 15 is 0 Å². The second-order valence-electron chi connectivity index (χ2n) is 19.6. The normalized spacial score (nSPS) is 11.6. The topological polar surface area (TPSA) is 61.4 Å². The Balaban J connectivity index is 1.10. The van der Waals surface area contributed by atoms with Crippen LogP contribution in [0.2, 0.25) is 0 Å². The summed E-state index contributed by atoms with van der Waals surface area (Å²) >= 11 is 0. The van der Waals surface area contributed by atoms with E-state index in [1.165, 1.54) is 54.9 Å². The molecule has 0 bridgehead atoms. The maximum atomic E-state index is 5.30. The summed E-state index contributed by atoms with van der Waals surface area (Å²) in [5, 5.41) is 4.71. The Labute approximate surface area is 440 Å². The third-order valence-electron chi connectivity index (χ3n) is 14.8. The van der Waals surface area contributed by atoms with Gasteiger partial charge in [-0.15, -0.1) is 0 Å². The number of pyridine rings is 1. The van der Waals surface area contributed by atoms with E-state index in [-0.39, 0.29) is 0 Å². The van der Waals surface area contributed by atoms with Crippen molar-refractivity contribution in [3.05, 3.63) is 266 Å². The Morgan fingerprint density at radius 1 is 0.289 bits per heavy atom. The zero-order valence-electron chi connectivity index (χ0n) is 41.9. The second-order valence-corrected chi connectivity index (χ2v) is 19.6. The third-order valence-corrected chi connectivity index (χ3v) is 14.8. The minimum Gasteiger partial charge on any atom is -0.309 e. The summed E-state index contributed by atoms with van der Waals surface area (Å²) in [5.74, 6) is 1.79. The van der Waals surface area contributed by atoms with E-state index in [1.54, 1.807) is 0 Å². The van der Waals surface area contributed by atoms with Gasteiger partial charge in [0, 0.05) is 67.3 Å². The molecule has 6 heteroatoms. The van der Waals surface area contributed by atoms with E-state index < -0.39 is 0 Å². The number of aryl methyl sites for hydroxylation is 2. The number of benzene rings is 10. The average Bonchev–Trinajstić information content (AvgIpc) is 4.00. The largest absolute Gasteiger partial charge is 0.309 e. The molecule has 0 aliphatic heterocycles. The van der Waals surface area contributed by atoms with Crippen molar-refractivity contribution >= 4 is 43.6 Å². The molecule has 0 N–H and O–H groups in total. The van der Waals surface area contributed by atoms with E-state index in [9.17, 15) is 0 Å². The fourth-order valence-electron chi connectivity index (χ4n) is 11.3. The molecule has 76 heavy (non-hydrogen) atoms. The smallest absolute Gasteiger partial charge is 0.164 e. The first-order chi connectivity index (χ1) is 37.5. The Bertz CT molecular complexity index is 4480. The lowest BCUT2D eigenvalue weighted by Gasteiger charge is -2.22. The minimum atomic E-state index is 0.575. The van der Waals surface area contributed by atoms with Crippen molar-refractivity contribution in [2.24, 2.45) is 0 Å². The molecule has 0 radical (unpaired) electrons. The first-order valence-corrected chi connectivity index (χ1v) is 25.8. The van der Waals surface area contributed by atoms with Crippen LogP contribution in [0.5, 0.6) is 0 Å². The summed E-state index contributed by atoms with van der Waals surface area (Å²) in [5.41, 5.74) is 20.4. The highest BCUT2D eigenvalue weighted by Crippen LogP contribution is 2.47. The van der Waals surface area contributed by atoms with Crippen LogP contribution in [0, 0.1) is 13.8 Å². The van der Waals surface area contributed by atoms with Crippen molar-refractivity contribution in [3.8, 4) is 90.0 Å². The average molecular weight is 973 g/mol. The molecule has 0 atom stereocenters. The predicted octanol–water partition coefficient (Wildman–Crippen LogP) is 17.7. The van der Waals surface area contributed by atoms with E-state index in [0.717, 1.165) is 72.4 Å². The summed E-state index contributed by atoms with van der Waals surface area (Å²) in [7, 11) is 0. The highest BCUT2D eigenvalue weighted by molar-refractivity contribution is 6.13. The van der Waals surface area contributed by atoms with Gasteiger partial charge in [-0.1, -0.05) is 187 Å². The first kappa shape index (κ1) is 44.6. The lowest BCUT2D eigenvalue weighted by Crippen LogP contribution is -2.05. The maximum Gasteiger partial charge on any atom is 0.164 e. The van der Waals surface area contributed by atoms with Gasteiger partial charge in [0.05, 0.1) is 33.4 Å². The van der Waals surface area contributed by atoms with Gasteiger partial charge in [-0.25, -0.2) is 15.0 Å². The van der Waals surface area contributed by atoms with Gasteiger partial charge < -0.3 is 9.13 Å². The molecule has 14 rings (SSSR count). The van der Waals surface area contributed by atoms with Crippen molar-refractivity contribution < 1.29 is 0 Å². The van der Waals surface area contributed by atoms with E-state index in [1.807, 2.05) is 54.9 Å². The number of hydrogen-bond acceptors (Lipinski definition) is 4. The van der Waals surface area contributed by atoms with Crippen LogP contribution in [-0.4, -0.2) is 29.1 Å². The monoisotopic (exact) mass is 972 g/mol. The molecule has 10 aromatic carbocycles. The number of aromatic nitrogens is 6. The lowest BCUT2D eigenvalue weighted by molar-refractivity contribution is 1.07. The molecule has 358 valence electrons. The van der Waals surface area contributed by atoms with Crippen LogP contribution in [0.3, 0.4) is 0 Å². The molecule has 0 saturated heterocycles. The summed E-state index contributed by atoms with van der Waals surface area (Å²) in [6.07, 6.45) is 3.82. The molecule has 6 nitrogen and oxygen atoms in total. The third kappa shape index (κ3) is 7.74. The maximum absolute atomic E-state index is 5.30. The van der Waals surface area contributed by atoms with Gasteiger partial charge in [-0.2, -0.15) is 0 Å². The molecule has 14 aromatic rings. The van der Waals surface area contributed by atoms with Gasteiger partial charge in [-0.3, -0.25) is 4.98 Å². The summed E-state index contributed by atoms with van der Waals surface area (Å²) in [6.45, 7) is 4.31. The Kier molecular flexibility index (Phi) is 10.8. The molecule has 0 spiro atoms. The van der Waals surface area contributed by atoms with Gasteiger partial charge >= 0.3 is 0 Å². The summed E-state index contributed by atoms with van der Waals surface area (Å²) in [4.78, 5) is 20.4. The van der Waals surface area contributed by atoms with E-state index in [4.69, 9.17) is 19.9 Å². The van der Waals surface area contributed by atoms with Gasteiger partial charge in [0.15, 0.2) is 17.5 Å². The first-order valence-electron chi connectivity index (χ1n) is 25.8.